The molecule has 192 valence electrons. The lowest BCUT2D eigenvalue weighted by molar-refractivity contribution is 0.189. The first-order chi connectivity index (χ1) is 18.1. The van der Waals surface area contributed by atoms with E-state index in [2.05, 4.69) is 67.3 Å². The monoisotopic (exact) mass is 495 g/mol. The van der Waals surface area contributed by atoms with Gasteiger partial charge in [0, 0.05) is 35.5 Å². The van der Waals surface area contributed by atoms with Crippen molar-refractivity contribution in [2.24, 2.45) is 0 Å². The molecule has 0 amide bonds. The second kappa shape index (κ2) is 10.3. The van der Waals surface area contributed by atoms with Crippen LogP contribution in [0.4, 0.5) is 0 Å². The predicted octanol–water partition coefficient (Wildman–Crippen LogP) is 7.59. The molecule has 1 saturated carbocycles. The molecule has 37 heavy (non-hydrogen) atoms. The van der Waals surface area contributed by atoms with Gasteiger partial charge in [0.05, 0.1) is 22.9 Å². The Balaban J connectivity index is 1.39. The second-order valence-corrected chi connectivity index (χ2v) is 10.8. The summed E-state index contributed by atoms with van der Waals surface area (Å²) in [6.45, 7) is 5.07. The zero-order valence-electron chi connectivity index (χ0n) is 22.3. The molecule has 2 aromatic carbocycles. The molecule has 1 atom stereocenters. The van der Waals surface area contributed by atoms with Crippen LogP contribution in [-0.4, -0.2) is 28.2 Å². The lowest BCUT2D eigenvalue weighted by Crippen LogP contribution is -2.28. The van der Waals surface area contributed by atoms with Crippen molar-refractivity contribution < 1.29 is 9.26 Å². The molecule has 6 rings (SSSR count). The summed E-state index contributed by atoms with van der Waals surface area (Å²) in [5.41, 5.74) is 8.99. The van der Waals surface area contributed by atoms with E-state index in [0.717, 1.165) is 65.2 Å². The van der Waals surface area contributed by atoms with Gasteiger partial charge < -0.3 is 9.26 Å². The zero-order chi connectivity index (χ0) is 25.4. The van der Waals surface area contributed by atoms with Crippen molar-refractivity contribution in [3.8, 4) is 17.0 Å². The molecule has 0 radical (unpaired) electrons. The average Bonchev–Trinajstić information content (AvgIpc) is 3.59. The molecule has 2 aromatic heterocycles. The highest BCUT2D eigenvalue weighted by Crippen LogP contribution is 2.39. The smallest absolute Gasteiger partial charge is 0.167 e. The van der Waals surface area contributed by atoms with Crippen LogP contribution in [-0.2, 0) is 19.4 Å². The Hall–Kier alpha value is -3.18. The van der Waals surface area contributed by atoms with Gasteiger partial charge in [-0.15, -0.1) is 0 Å². The number of hydrogen-bond donors (Lipinski definition) is 0. The van der Waals surface area contributed by atoms with Gasteiger partial charge in [0.15, 0.2) is 5.58 Å². The molecular weight excluding hydrogens is 458 g/mol. The minimum Gasteiger partial charge on any atom is -0.490 e. The molecule has 0 spiro atoms. The van der Waals surface area contributed by atoms with Crippen LogP contribution in [0.3, 0.4) is 0 Å². The fraction of sp³-hybridized carbons (Fsp3) is 0.438. The summed E-state index contributed by atoms with van der Waals surface area (Å²) in [5, 5.41) is 5.38. The molecule has 2 aliphatic carbocycles. The fourth-order valence-corrected chi connectivity index (χ4v) is 6.35. The van der Waals surface area contributed by atoms with Crippen molar-refractivity contribution in [1.29, 1.82) is 0 Å². The van der Waals surface area contributed by atoms with Crippen LogP contribution in [0.5, 0.6) is 5.75 Å². The van der Waals surface area contributed by atoms with Crippen molar-refractivity contribution in [2.45, 2.75) is 83.9 Å². The van der Waals surface area contributed by atoms with Gasteiger partial charge in [-0.2, -0.15) is 0 Å². The zero-order valence-corrected chi connectivity index (χ0v) is 22.3. The lowest BCUT2D eigenvalue weighted by Gasteiger charge is -2.34. The first-order valence-corrected chi connectivity index (χ1v) is 13.9. The fourth-order valence-electron chi connectivity index (χ4n) is 6.35. The molecular formula is C32H37N3O2. The van der Waals surface area contributed by atoms with E-state index in [1.807, 2.05) is 12.1 Å². The number of pyridine rings is 1. The summed E-state index contributed by atoms with van der Waals surface area (Å²) < 4.78 is 12.4. The summed E-state index contributed by atoms with van der Waals surface area (Å²) in [6.07, 6.45) is 9.45. The minimum atomic E-state index is 0.284. The third-order valence-electron chi connectivity index (χ3n) is 8.34. The normalized spacial score (nSPS) is 18.0. The van der Waals surface area contributed by atoms with Gasteiger partial charge in [-0.3, -0.25) is 9.88 Å². The molecule has 0 bridgehead atoms. The van der Waals surface area contributed by atoms with Gasteiger partial charge >= 0.3 is 0 Å². The predicted molar refractivity (Wildman–Crippen MR) is 148 cm³/mol. The maximum absolute atomic E-state index is 6.75. The molecule has 4 aromatic rings. The molecule has 0 aliphatic heterocycles. The standard InChI is InChI=1S/C32H37N3O2/c1-4-27-32-25(16-10-18-30(32)37-34-27)28-19-31(36-23-13-6-7-14-23)26(21(2)33-28)20-35(3)29-17-9-12-22-11-5-8-15-24(22)29/h5,8,10-11,15-16,18-19,23,29H,4,6-7,9,12-14,17,20H2,1-3H3. The van der Waals surface area contributed by atoms with Crippen molar-refractivity contribution in [3.05, 3.63) is 76.6 Å². The summed E-state index contributed by atoms with van der Waals surface area (Å²) in [4.78, 5) is 7.65. The second-order valence-electron chi connectivity index (χ2n) is 10.8. The minimum absolute atomic E-state index is 0.284. The van der Waals surface area contributed by atoms with Crippen molar-refractivity contribution in [1.82, 2.24) is 15.0 Å². The van der Waals surface area contributed by atoms with Gasteiger partial charge in [-0.25, -0.2) is 0 Å². The summed E-state index contributed by atoms with van der Waals surface area (Å²) in [7, 11) is 2.25. The SMILES string of the molecule is CCc1noc2cccc(-c3cc(OC4CCCC4)c(CN(C)C4CCCc5ccccc54)c(C)n3)c12. The highest BCUT2D eigenvalue weighted by molar-refractivity contribution is 5.94. The van der Waals surface area contributed by atoms with Crippen molar-refractivity contribution in [3.63, 3.8) is 0 Å². The van der Waals surface area contributed by atoms with Gasteiger partial charge in [-0.1, -0.05) is 48.5 Å². The van der Waals surface area contributed by atoms with E-state index in [1.54, 1.807) is 0 Å². The highest BCUT2D eigenvalue weighted by Gasteiger charge is 2.27. The van der Waals surface area contributed by atoms with E-state index in [9.17, 15) is 0 Å². The summed E-state index contributed by atoms with van der Waals surface area (Å²) >= 11 is 0. The van der Waals surface area contributed by atoms with E-state index in [1.165, 1.54) is 48.8 Å². The summed E-state index contributed by atoms with van der Waals surface area (Å²) in [5.74, 6) is 0.983. The maximum Gasteiger partial charge on any atom is 0.167 e. The number of ether oxygens (including phenoxy) is 1. The molecule has 5 heteroatoms. The number of fused-ring (bicyclic) bond motifs is 2. The van der Waals surface area contributed by atoms with Gasteiger partial charge in [-0.05, 0) is 82.5 Å². The van der Waals surface area contributed by atoms with Crippen molar-refractivity contribution in [2.75, 3.05) is 7.05 Å². The van der Waals surface area contributed by atoms with E-state index >= 15 is 0 Å². The topological polar surface area (TPSA) is 51.4 Å². The molecule has 1 fully saturated rings. The van der Waals surface area contributed by atoms with Crippen molar-refractivity contribution >= 4 is 11.0 Å². The van der Waals surface area contributed by atoms with Crippen LogP contribution < -0.4 is 4.74 Å². The number of benzene rings is 2. The van der Waals surface area contributed by atoms with Crippen LogP contribution in [0.15, 0.2) is 53.1 Å². The molecule has 2 heterocycles. The molecule has 0 N–H and O–H groups in total. The Morgan fingerprint density at radius 3 is 2.70 bits per heavy atom. The largest absolute Gasteiger partial charge is 0.490 e. The van der Waals surface area contributed by atoms with E-state index in [0.29, 0.717) is 6.04 Å². The molecule has 2 aliphatic rings. The molecule has 0 saturated heterocycles. The van der Waals surface area contributed by atoms with Crippen LogP contribution in [0, 0.1) is 6.92 Å². The lowest BCUT2D eigenvalue weighted by atomic mass is 9.87. The quantitative estimate of drug-likeness (QED) is 0.264. The van der Waals surface area contributed by atoms with E-state index < -0.39 is 0 Å². The van der Waals surface area contributed by atoms with Crippen LogP contribution in [0.1, 0.15) is 79.6 Å². The van der Waals surface area contributed by atoms with Crippen LogP contribution in [0.25, 0.3) is 22.2 Å². The highest BCUT2D eigenvalue weighted by atomic mass is 16.5. The first kappa shape index (κ1) is 24.2. The summed E-state index contributed by atoms with van der Waals surface area (Å²) in [6, 6.07) is 17.7. The average molecular weight is 496 g/mol. The Morgan fingerprint density at radius 2 is 1.86 bits per heavy atom. The van der Waals surface area contributed by atoms with Gasteiger partial charge in [0.25, 0.3) is 0 Å². The number of aryl methyl sites for hydroxylation is 3. The molecule has 1 unspecified atom stereocenters. The molecule has 5 nitrogen and oxygen atoms in total. The maximum atomic E-state index is 6.75. The van der Waals surface area contributed by atoms with E-state index in [4.69, 9.17) is 14.2 Å². The Kier molecular flexibility index (Phi) is 6.72. The Bertz CT molecular complexity index is 1400. The van der Waals surface area contributed by atoms with E-state index in [-0.39, 0.29) is 6.10 Å². The number of rotatable bonds is 7. The Labute approximate surface area is 219 Å². The first-order valence-electron chi connectivity index (χ1n) is 13.9. The Morgan fingerprint density at radius 1 is 1.03 bits per heavy atom. The number of hydrogen-bond acceptors (Lipinski definition) is 5. The third kappa shape index (κ3) is 4.66. The van der Waals surface area contributed by atoms with Gasteiger partial charge in [0.1, 0.15) is 5.75 Å². The third-order valence-corrected chi connectivity index (χ3v) is 8.34. The van der Waals surface area contributed by atoms with Crippen LogP contribution in [0.2, 0.25) is 0 Å². The number of nitrogens with zero attached hydrogens (tertiary/aromatic N) is 3. The van der Waals surface area contributed by atoms with Gasteiger partial charge in [0.2, 0.25) is 0 Å². The number of aromatic nitrogens is 2. The van der Waals surface area contributed by atoms with Crippen LogP contribution >= 0.6 is 0 Å².